The summed E-state index contributed by atoms with van der Waals surface area (Å²) in [5.41, 5.74) is 1.93. The number of rotatable bonds is 2. The Morgan fingerprint density at radius 3 is 2.69 bits per heavy atom. The summed E-state index contributed by atoms with van der Waals surface area (Å²) >= 11 is 5.47. The van der Waals surface area contributed by atoms with E-state index in [1.807, 2.05) is 32.0 Å². The molecule has 0 amide bonds. The van der Waals surface area contributed by atoms with Crippen LogP contribution in [0, 0.1) is 10.5 Å². The monoisotopic (exact) mass is 352 g/mol. The number of aryl methyl sites for hydroxylation is 1. The molecule has 0 bridgehead atoms. The third-order valence-electron chi connectivity index (χ3n) is 1.75. The van der Waals surface area contributed by atoms with Crippen molar-refractivity contribution in [3.63, 3.8) is 0 Å². The van der Waals surface area contributed by atoms with Crippen LogP contribution in [-0.4, -0.2) is 10.6 Å². The average molecular weight is 353 g/mol. The van der Waals surface area contributed by atoms with Gasteiger partial charge >= 0.3 is 0 Å². The predicted octanol–water partition coefficient (Wildman–Crippen LogP) is 3.57. The van der Waals surface area contributed by atoms with Crippen molar-refractivity contribution in [2.24, 2.45) is 0 Å². The van der Waals surface area contributed by atoms with Crippen molar-refractivity contribution < 1.29 is 4.79 Å². The van der Waals surface area contributed by atoms with E-state index >= 15 is 0 Å². The molecule has 0 radical (unpaired) electrons. The fourth-order valence-corrected chi connectivity index (χ4v) is 1.89. The molecule has 0 aliphatic carbocycles. The van der Waals surface area contributed by atoms with Gasteiger partial charge in [-0.2, -0.15) is 0 Å². The Bertz CT molecular complexity index is 334. The third kappa shape index (κ3) is 2.77. The topological polar surface area (TPSA) is 17.1 Å². The number of carbonyl (C=O) groups is 1. The number of carbonyl (C=O) groups excluding carboxylic acids is 1. The van der Waals surface area contributed by atoms with Crippen LogP contribution in [0.3, 0.4) is 0 Å². The lowest BCUT2D eigenvalue weighted by atomic mass is 10.1. The molecule has 0 fully saturated rings. The largest absolute Gasteiger partial charge is 0.293 e. The standard InChI is InChI=1S/C10H10BrIO/c1-6-3-4-9(12)8(5-6)10(13)7(2)11/h3-5,7H,1-2H3. The van der Waals surface area contributed by atoms with Crippen LogP contribution < -0.4 is 0 Å². The highest BCUT2D eigenvalue weighted by Gasteiger charge is 2.14. The Balaban J connectivity index is 3.13. The zero-order chi connectivity index (χ0) is 10.0. The summed E-state index contributed by atoms with van der Waals surface area (Å²) in [5.74, 6) is 0.146. The maximum Gasteiger partial charge on any atom is 0.177 e. The van der Waals surface area contributed by atoms with Crippen LogP contribution in [0.1, 0.15) is 22.8 Å². The van der Waals surface area contributed by atoms with Gasteiger partial charge in [-0.15, -0.1) is 0 Å². The number of hydrogen-bond acceptors (Lipinski definition) is 1. The van der Waals surface area contributed by atoms with Crippen molar-refractivity contribution in [1.82, 2.24) is 0 Å². The molecule has 0 saturated heterocycles. The van der Waals surface area contributed by atoms with Crippen molar-refractivity contribution in [3.05, 3.63) is 32.9 Å². The van der Waals surface area contributed by atoms with Gasteiger partial charge in [0.1, 0.15) is 0 Å². The highest BCUT2D eigenvalue weighted by molar-refractivity contribution is 14.1. The maximum absolute atomic E-state index is 11.7. The average Bonchev–Trinajstić information content (AvgIpc) is 2.08. The van der Waals surface area contributed by atoms with Gasteiger partial charge in [-0.05, 0) is 48.6 Å². The van der Waals surface area contributed by atoms with Crippen molar-refractivity contribution in [3.8, 4) is 0 Å². The minimum absolute atomic E-state index is 0.109. The van der Waals surface area contributed by atoms with Gasteiger partial charge in [-0.3, -0.25) is 4.79 Å². The summed E-state index contributed by atoms with van der Waals surface area (Å²) in [7, 11) is 0. The van der Waals surface area contributed by atoms with Crippen LogP contribution in [0.25, 0.3) is 0 Å². The van der Waals surface area contributed by atoms with Crippen molar-refractivity contribution in [1.29, 1.82) is 0 Å². The third-order valence-corrected chi connectivity index (χ3v) is 3.11. The molecule has 0 N–H and O–H groups in total. The fraction of sp³-hybridized carbons (Fsp3) is 0.300. The van der Waals surface area contributed by atoms with Crippen LogP contribution in [-0.2, 0) is 0 Å². The number of Topliss-reactive ketones (excluding diaryl/α,β-unsaturated/α-hetero) is 1. The van der Waals surface area contributed by atoms with E-state index in [0.29, 0.717) is 0 Å². The molecule has 3 heteroatoms. The summed E-state index contributed by atoms with van der Waals surface area (Å²) in [5, 5.41) is 0. The Labute approximate surface area is 100 Å². The number of alkyl halides is 1. The lowest BCUT2D eigenvalue weighted by Crippen LogP contribution is -2.11. The quantitative estimate of drug-likeness (QED) is 0.452. The number of hydrogen-bond donors (Lipinski definition) is 0. The van der Waals surface area contributed by atoms with Gasteiger partial charge in [0.15, 0.2) is 5.78 Å². The lowest BCUT2D eigenvalue weighted by Gasteiger charge is -2.06. The molecule has 0 aliphatic rings. The number of halogens is 2. The molecule has 1 aromatic carbocycles. The van der Waals surface area contributed by atoms with E-state index in [0.717, 1.165) is 14.7 Å². The highest BCUT2D eigenvalue weighted by atomic mass is 127. The summed E-state index contributed by atoms with van der Waals surface area (Å²) in [6.45, 7) is 3.84. The lowest BCUT2D eigenvalue weighted by molar-refractivity contribution is 0.0995. The zero-order valence-electron chi connectivity index (χ0n) is 7.47. The zero-order valence-corrected chi connectivity index (χ0v) is 11.2. The number of ketones is 1. The first-order valence-electron chi connectivity index (χ1n) is 3.97. The molecule has 0 aromatic heterocycles. The van der Waals surface area contributed by atoms with Gasteiger partial charge < -0.3 is 0 Å². The second-order valence-electron chi connectivity index (χ2n) is 2.96. The van der Waals surface area contributed by atoms with E-state index in [2.05, 4.69) is 38.5 Å². The molecular weight excluding hydrogens is 343 g/mol. The molecule has 70 valence electrons. The second kappa shape index (κ2) is 4.55. The smallest absolute Gasteiger partial charge is 0.177 e. The predicted molar refractivity (Wildman–Crippen MR) is 66.6 cm³/mol. The Morgan fingerprint density at radius 1 is 1.54 bits per heavy atom. The Morgan fingerprint density at radius 2 is 2.15 bits per heavy atom. The van der Waals surface area contributed by atoms with E-state index in [4.69, 9.17) is 0 Å². The van der Waals surface area contributed by atoms with Crippen LogP contribution in [0.2, 0.25) is 0 Å². The fourth-order valence-electron chi connectivity index (χ4n) is 1.04. The van der Waals surface area contributed by atoms with E-state index in [1.54, 1.807) is 0 Å². The van der Waals surface area contributed by atoms with Gasteiger partial charge in [-0.1, -0.05) is 27.6 Å². The molecule has 0 heterocycles. The maximum atomic E-state index is 11.7. The van der Waals surface area contributed by atoms with Crippen molar-refractivity contribution >= 4 is 44.3 Å². The van der Waals surface area contributed by atoms with Crippen LogP contribution in [0.15, 0.2) is 18.2 Å². The molecule has 0 saturated carbocycles. The summed E-state index contributed by atoms with van der Waals surface area (Å²) < 4.78 is 1.01. The molecule has 0 aliphatic heterocycles. The SMILES string of the molecule is Cc1ccc(I)c(C(=O)C(C)Br)c1. The van der Waals surface area contributed by atoms with Gasteiger partial charge in [0.25, 0.3) is 0 Å². The molecule has 1 rings (SSSR count). The van der Waals surface area contributed by atoms with E-state index in [-0.39, 0.29) is 10.6 Å². The molecule has 0 spiro atoms. The molecular formula is C10H10BrIO. The van der Waals surface area contributed by atoms with Crippen molar-refractivity contribution in [2.45, 2.75) is 18.7 Å². The Hall–Kier alpha value is 0.1000. The molecule has 1 atom stereocenters. The molecule has 13 heavy (non-hydrogen) atoms. The van der Waals surface area contributed by atoms with E-state index in [1.165, 1.54) is 0 Å². The van der Waals surface area contributed by atoms with Crippen LogP contribution >= 0.6 is 38.5 Å². The minimum atomic E-state index is -0.109. The van der Waals surface area contributed by atoms with Crippen LogP contribution in [0.4, 0.5) is 0 Å². The van der Waals surface area contributed by atoms with E-state index in [9.17, 15) is 4.79 Å². The first kappa shape index (κ1) is 11.2. The summed E-state index contributed by atoms with van der Waals surface area (Å²) in [6.07, 6.45) is 0. The first-order chi connectivity index (χ1) is 6.02. The van der Waals surface area contributed by atoms with Crippen molar-refractivity contribution in [2.75, 3.05) is 0 Å². The summed E-state index contributed by atoms with van der Waals surface area (Å²) in [6, 6.07) is 5.91. The normalized spacial score (nSPS) is 12.6. The van der Waals surface area contributed by atoms with Gasteiger partial charge in [0, 0.05) is 9.13 Å². The first-order valence-corrected chi connectivity index (χ1v) is 5.96. The molecule has 1 aromatic rings. The van der Waals surface area contributed by atoms with Gasteiger partial charge in [0.2, 0.25) is 0 Å². The molecule has 1 unspecified atom stereocenters. The van der Waals surface area contributed by atoms with Gasteiger partial charge in [-0.25, -0.2) is 0 Å². The number of benzene rings is 1. The van der Waals surface area contributed by atoms with E-state index < -0.39 is 0 Å². The van der Waals surface area contributed by atoms with Gasteiger partial charge in [0.05, 0.1) is 4.83 Å². The molecule has 1 nitrogen and oxygen atoms in total. The Kier molecular flexibility index (Phi) is 3.91. The summed E-state index contributed by atoms with van der Waals surface area (Å²) in [4.78, 5) is 11.6. The van der Waals surface area contributed by atoms with Crippen LogP contribution in [0.5, 0.6) is 0 Å². The minimum Gasteiger partial charge on any atom is -0.293 e. The highest BCUT2D eigenvalue weighted by Crippen LogP contribution is 2.18. The second-order valence-corrected chi connectivity index (χ2v) is 5.50.